The van der Waals surface area contributed by atoms with Crippen LogP contribution in [0.2, 0.25) is 0 Å². The van der Waals surface area contributed by atoms with Crippen LogP contribution in [0.25, 0.3) is 5.69 Å². The molecule has 2 aromatic carbocycles. The van der Waals surface area contributed by atoms with Gasteiger partial charge in [-0.1, -0.05) is 18.2 Å². The number of thioether (sulfide) groups is 1. The van der Waals surface area contributed by atoms with Crippen LogP contribution in [0, 0.1) is 5.82 Å². The van der Waals surface area contributed by atoms with Crippen molar-refractivity contribution in [1.82, 2.24) is 19.7 Å². The van der Waals surface area contributed by atoms with Gasteiger partial charge in [-0.2, -0.15) is 0 Å². The lowest BCUT2D eigenvalue weighted by Crippen LogP contribution is -2.33. The number of carbonyl (C=O) groups is 2. The number of halogens is 1. The molecular formula is C24H27FN6O2S. The minimum absolute atomic E-state index is 0.0322. The van der Waals surface area contributed by atoms with Gasteiger partial charge in [0, 0.05) is 16.9 Å². The Balaban J connectivity index is 1.51. The standard InChI is InChI=1S/C24H27FN6O2S/c1-16(30-13-3-2-4-14-30)23-28-29-24(31(23)20-11-7-18(25)8-12-20)34-15-21(32)27-19-9-5-17(6-10-19)22(26)33/h5-12,16H,2-4,13-15H2,1H3,(H2,26,33)(H,27,32). The Kier molecular flexibility index (Phi) is 7.59. The van der Waals surface area contributed by atoms with E-state index in [2.05, 4.69) is 27.3 Å². The SMILES string of the molecule is CC(c1nnc(SCC(=O)Nc2ccc(C(N)=O)cc2)n1-c1ccc(F)cc1)N1CCCCC1. The van der Waals surface area contributed by atoms with E-state index in [0.717, 1.165) is 37.4 Å². The maximum Gasteiger partial charge on any atom is 0.248 e. The first kappa shape index (κ1) is 23.9. The summed E-state index contributed by atoms with van der Waals surface area (Å²) in [6.07, 6.45) is 3.53. The number of benzene rings is 2. The summed E-state index contributed by atoms with van der Waals surface area (Å²) < 4.78 is 15.5. The van der Waals surface area contributed by atoms with Gasteiger partial charge in [0.2, 0.25) is 11.8 Å². The number of anilines is 1. The van der Waals surface area contributed by atoms with Crippen LogP contribution in [0.4, 0.5) is 10.1 Å². The average molecular weight is 483 g/mol. The predicted molar refractivity (Wildman–Crippen MR) is 129 cm³/mol. The van der Waals surface area contributed by atoms with E-state index >= 15 is 0 Å². The second kappa shape index (κ2) is 10.8. The van der Waals surface area contributed by atoms with E-state index in [4.69, 9.17) is 5.73 Å². The third kappa shape index (κ3) is 5.63. The van der Waals surface area contributed by atoms with E-state index in [1.807, 2.05) is 4.57 Å². The normalized spacial score (nSPS) is 15.1. The maximum atomic E-state index is 13.6. The zero-order chi connectivity index (χ0) is 24.1. The van der Waals surface area contributed by atoms with Crippen molar-refractivity contribution >= 4 is 29.3 Å². The smallest absolute Gasteiger partial charge is 0.248 e. The van der Waals surface area contributed by atoms with Crippen LogP contribution < -0.4 is 11.1 Å². The second-order valence-corrected chi connectivity index (χ2v) is 9.15. The van der Waals surface area contributed by atoms with Crippen molar-refractivity contribution in [3.63, 3.8) is 0 Å². The van der Waals surface area contributed by atoms with Crippen molar-refractivity contribution in [1.29, 1.82) is 0 Å². The van der Waals surface area contributed by atoms with Gasteiger partial charge < -0.3 is 11.1 Å². The van der Waals surface area contributed by atoms with Gasteiger partial charge in [-0.05, 0) is 81.4 Å². The molecule has 0 saturated carbocycles. The number of carbonyl (C=O) groups excluding carboxylic acids is 2. The number of nitrogens with two attached hydrogens (primary N) is 1. The summed E-state index contributed by atoms with van der Waals surface area (Å²) in [5.74, 6) is -0.203. The number of hydrogen-bond acceptors (Lipinski definition) is 6. The van der Waals surface area contributed by atoms with Crippen molar-refractivity contribution in [3.8, 4) is 5.69 Å². The molecule has 0 spiro atoms. The van der Waals surface area contributed by atoms with Gasteiger partial charge in [-0.25, -0.2) is 4.39 Å². The number of rotatable bonds is 8. The number of amides is 2. The van der Waals surface area contributed by atoms with Crippen molar-refractivity contribution in [2.75, 3.05) is 24.2 Å². The molecule has 0 aliphatic carbocycles. The van der Waals surface area contributed by atoms with Gasteiger partial charge in [0.25, 0.3) is 0 Å². The molecule has 3 N–H and O–H groups in total. The van der Waals surface area contributed by atoms with Gasteiger partial charge in [0.05, 0.1) is 11.8 Å². The Morgan fingerprint density at radius 3 is 2.38 bits per heavy atom. The molecule has 2 heterocycles. The van der Waals surface area contributed by atoms with Crippen LogP contribution in [0.1, 0.15) is 48.4 Å². The zero-order valence-corrected chi connectivity index (χ0v) is 19.7. The highest BCUT2D eigenvalue weighted by Crippen LogP contribution is 2.29. The number of likely N-dealkylation sites (tertiary alicyclic amines) is 1. The molecule has 1 aliphatic rings. The molecule has 0 radical (unpaired) electrons. The number of hydrogen-bond donors (Lipinski definition) is 2. The summed E-state index contributed by atoms with van der Waals surface area (Å²) >= 11 is 1.26. The molecule has 2 amide bonds. The van der Waals surface area contributed by atoms with Crippen LogP contribution in [0.3, 0.4) is 0 Å². The molecule has 1 aromatic heterocycles. The fourth-order valence-electron chi connectivity index (χ4n) is 3.99. The van der Waals surface area contributed by atoms with E-state index in [9.17, 15) is 14.0 Å². The lowest BCUT2D eigenvalue weighted by atomic mass is 10.1. The van der Waals surface area contributed by atoms with Crippen LogP contribution in [0.5, 0.6) is 0 Å². The van der Waals surface area contributed by atoms with Gasteiger partial charge in [-0.15, -0.1) is 10.2 Å². The van der Waals surface area contributed by atoms with Crippen LogP contribution >= 0.6 is 11.8 Å². The van der Waals surface area contributed by atoms with Crippen molar-refractivity contribution in [2.45, 2.75) is 37.4 Å². The Morgan fingerprint density at radius 1 is 1.06 bits per heavy atom. The summed E-state index contributed by atoms with van der Waals surface area (Å²) in [6, 6.07) is 12.6. The minimum atomic E-state index is -0.525. The highest BCUT2D eigenvalue weighted by molar-refractivity contribution is 7.99. The zero-order valence-electron chi connectivity index (χ0n) is 18.9. The lowest BCUT2D eigenvalue weighted by molar-refractivity contribution is -0.113. The molecule has 3 aromatic rings. The van der Waals surface area contributed by atoms with E-state index in [-0.39, 0.29) is 23.5 Å². The highest BCUT2D eigenvalue weighted by Gasteiger charge is 2.26. The van der Waals surface area contributed by atoms with E-state index in [0.29, 0.717) is 16.4 Å². The summed E-state index contributed by atoms with van der Waals surface area (Å²) in [4.78, 5) is 26.1. The fraction of sp³-hybridized carbons (Fsp3) is 0.333. The van der Waals surface area contributed by atoms with Gasteiger partial charge in [-0.3, -0.25) is 19.1 Å². The first-order chi connectivity index (χ1) is 16.4. The Bertz CT molecular complexity index is 1140. The summed E-state index contributed by atoms with van der Waals surface area (Å²) in [6.45, 7) is 4.10. The quantitative estimate of drug-likeness (QED) is 0.473. The maximum absolute atomic E-state index is 13.6. The van der Waals surface area contributed by atoms with E-state index in [1.165, 1.54) is 30.3 Å². The van der Waals surface area contributed by atoms with Crippen LogP contribution in [-0.4, -0.2) is 50.3 Å². The number of piperidine rings is 1. The van der Waals surface area contributed by atoms with Crippen LogP contribution in [-0.2, 0) is 4.79 Å². The predicted octanol–water partition coefficient (Wildman–Crippen LogP) is 3.78. The molecule has 8 nitrogen and oxygen atoms in total. The highest BCUT2D eigenvalue weighted by atomic mass is 32.2. The molecule has 1 unspecified atom stereocenters. The number of aromatic nitrogens is 3. The molecule has 1 aliphatic heterocycles. The molecule has 34 heavy (non-hydrogen) atoms. The lowest BCUT2D eigenvalue weighted by Gasteiger charge is -2.31. The van der Waals surface area contributed by atoms with Crippen molar-refractivity contribution in [2.24, 2.45) is 5.73 Å². The Morgan fingerprint density at radius 2 is 1.74 bits per heavy atom. The summed E-state index contributed by atoms with van der Waals surface area (Å²) in [5, 5.41) is 12.2. The fourth-order valence-corrected chi connectivity index (χ4v) is 4.75. The van der Waals surface area contributed by atoms with Gasteiger partial charge >= 0.3 is 0 Å². The van der Waals surface area contributed by atoms with Crippen molar-refractivity contribution < 1.29 is 14.0 Å². The number of primary amides is 1. The molecule has 1 atom stereocenters. The molecular weight excluding hydrogens is 455 g/mol. The van der Waals surface area contributed by atoms with Gasteiger partial charge in [0.1, 0.15) is 5.82 Å². The molecule has 1 fully saturated rings. The Hall–Kier alpha value is -3.24. The molecule has 178 valence electrons. The van der Waals surface area contributed by atoms with E-state index in [1.54, 1.807) is 36.4 Å². The summed E-state index contributed by atoms with van der Waals surface area (Å²) in [7, 11) is 0. The largest absolute Gasteiger partial charge is 0.366 e. The molecule has 0 bridgehead atoms. The number of nitrogens with one attached hydrogen (secondary N) is 1. The minimum Gasteiger partial charge on any atom is -0.366 e. The van der Waals surface area contributed by atoms with Gasteiger partial charge in [0.15, 0.2) is 11.0 Å². The van der Waals surface area contributed by atoms with Crippen molar-refractivity contribution in [3.05, 3.63) is 65.7 Å². The monoisotopic (exact) mass is 482 g/mol. The molecule has 4 rings (SSSR count). The Labute approximate surface area is 201 Å². The van der Waals surface area contributed by atoms with Crippen LogP contribution in [0.15, 0.2) is 53.7 Å². The second-order valence-electron chi connectivity index (χ2n) is 8.20. The first-order valence-electron chi connectivity index (χ1n) is 11.2. The number of nitrogens with zero attached hydrogens (tertiary/aromatic N) is 4. The topological polar surface area (TPSA) is 106 Å². The molecule has 1 saturated heterocycles. The third-order valence-corrected chi connectivity index (χ3v) is 6.77. The van der Waals surface area contributed by atoms with E-state index < -0.39 is 5.91 Å². The summed E-state index contributed by atoms with van der Waals surface area (Å²) in [5.41, 5.74) is 6.93. The molecule has 10 heteroatoms. The third-order valence-electron chi connectivity index (χ3n) is 5.84. The average Bonchev–Trinajstić information content (AvgIpc) is 3.27. The first-order valence-corrected chi connectivity index (χ1v) is 12.2.